The van der Waals surface area contributed by atoms with Crippen molar-refractivity contribution in [2.45, 2.75) is 37.0 Å². The van der Waals surface area contributed by atoms with Gasteiger partial charge < -0.3 is 10.2 Å². The summed E-state index contributed by atoms with van der Waals surface area (Å²) >= 11 is 1.68. The predicted molar refractivity (Wildman–Crippen MR) is 92.5 cm³/mol. The third-order valence-corrected chi connectivity index (χ3v) is 6.07. The largest absolute Gasteiger partial charge is 0.327 e. The molecular formula is C18H27N2OS+. The van der Waals surface area contributed by atoms with Gasteiger partial charge >= 0.3 is 0 Å². The molecule has 1 saturated heterocycles. The van der Waals surface area contributed by atoms with Gasteiger partial charge in [0.25, 0.3) is 5.91 Å². The zero-order chi connectivity index (χ0) is 15.4. The highest BCUT2D eigenvalue weighted by molar-refractivity contribution is 7.98. The lowest BCUT2D eigenvalue weighted by Gasteiger charge is -2.38. The number of hydrogen-bond acceptors (Lipinski definition) is 2. The maximum atomic E-state index is 12.4. The molecule has 0 radical (unpaired) electrons. The van der Waals surface area contributed by atoms with E-state index in [1.54, 1.807) is 11.8 Å². The standard InChI is InChI=1S/C18H26N2OS/c1-22-17-9-5-4-8-16(17)19-18(21)13-20-11-10-14-6-2-3-7-15(14)12-20/h4-5,8-9,14-15H,2-3,6-7,10-13H2,1H3,(H,19,21)/p+1/t14-,15+/m0/s1. The summed E-state index contributed by atoms with van der Waals surface area (Å²) in [5.74, 6) is 1.97. The quantitative estimate of drug-likeness (QED) is 0.836. The molecule has 1 aliphatic heterocycles. The summed E-state index contributed by atoms with van der Waals surface area (Å²) in [5, 5.41) is 3.10. The molecule has 2 fully saturated rings. The molecule has 4 heteroatoms. The second kappa shape index (κ2) is 7.51. The van der Waals surface area contributed by atoms with Gasteiger partial charge in [-0.3, -0.25) is 4.79 Å². The number of fused-ring (bicyclic) bond motifs is 1. The van der Waals surface area contributed by atoms with Crippen molar-refractivity contribution in [3.8, 4) is 0 Å². The number of quaternary nitrogens is 1. The SMILES string of the molecule is CSc1ccccc1NC(=O)C[NH+]1CC[C@@H]2CCCC[C@@H]2C1. The Bertz CT molecular complexity index is 520. The Morgan fingerprint density at radius 3 is 2.82 bits per heavy atom. The van der Waals surface area contributed by atoms with Crippen molar-refractivity contribution in [3.05, 3.63) is 24.3 Å². The fourth-order valence-electron chi connectivity index (χ4n) is 4.13. The lowest BCUT2D eigenvalue weighted by atomic mass is 9.75. The first-order chi connectivity index (χ1) is 10.8. The van der Waals surface area contributed by atoms with Crippen LogP contribution in [0.3, 0.4) is 0 Å². The Labute approximate surface area is 137 Å². The summed E-state index contributed by atoms with van der Waals surface area (Å²) in [7, 11) is 0. The summed E-state index contributed by atoms with van der Waals surface area (Å²) in [6.45, 7) is 2.98. The van der Waals surface area contributed by atoms with E-state index in [9.17, 15) is 4.79 Å². The number of carbonyl (C=O) groups excluding carboxylic acids is 1. The number of hydrogen-bond donors (Lipinski definition) is 2. The van der Waals surface area contributed by atoms with Gasteiger partial charge in [-0.2, -0.15) is 0 Å². The van der Waals surface area contributed by atoms with Crippen molar-refractivity contribution in [2.75, 3.05) is 31.2 Å². The van der Waals surface area contributed by atoms with Crippen LogP contribution < -0.4 is 10.2 Å². The highest BCUT2D eigenvalue weighted by atomic mass is 32.2. The first-order valence-electron chi connectivity index (χ1n) is 8.52. The summed E-state index contributed by atoms with van der Waals surface area (Å²) in [4.78, 5) is 15.0. The molecule has 1 aliphatic carbocycles. The number of benzene rings is 1. The van der Waals surface area contributed by atoms with Crippen molar-refractivity contribution < 1.29 is 9.69 Å². The van der Waals surface area contributed by atoms with Crippen LogP contribution in [0.25, 0.3) is 0 Å². The zero-order valence-electron chi connectivity index (χ0n) is 13.4. The molecule has 1 heterocycles. The normalized spacial score (nSPS) is 28.0. The van der Waals surface area contributed by atoms with Crippen LogP contribution in [0.4, 0.5) is 5.69 Å². The number of carbonyl (C=O) groups is 1. The highest BCUT2D eigenvalue weighted by Gasteiger charge is 2.34. The van der Waals surface area contributed by atoms with E-state index < -0.39 is 0 Å². The minimum absolute atomic E-state index is 0.158. The van der Waals surface area contributed by atoms with E-state index in [0.29, 0.717) is 6.54 Å². The van der Waals surface area contributed by atoms with Gasteiger partial charge in [0.2, 0.25) is 0 Å². The molecule has 0 aromatic heterocycles. The van der Waals surface area contributed by atoms with Gasteiger partial charge in [0.1, 0.15) is 0 Å². The molecule has 2 aliphatic rings. The van der Waals surface area contributed by atoms with Crippen LogP contribution in [0.5, 0.6) is 0 Å². The van der Waals surface area contributed by atoms with Crippen molar-refractivity contribution in [3.63, 3.8) is 0 Å². The molecule has 1 amide bonds. The molecule has 3 nitrogen and oxygen atoms in total. The topological polar surface area (TPSA) is 33.5 Å². The second-order valence-electron chi connectivity index (χ2n) is 6.72. The summed E-state index contributed by atoms with van der Waals surface area (Å²) in [6, 6.07) is 8.05. The Kier molecular flexibility index (Phi) is 5.42. The average Bonchev–Trinajstić information content (AvgIpc) is 2.55. The number of thioether (sulfide) groups is 1. The van der Waals surface area contributed by atoms with E-state index in [2.05, 4.69) is 11.4 Å². The number of piperidine rings is 1. The first kappa shape index (κ1) is 15.9. The Morgan fingerprint density at radius 2 is 2.00 bits per heavy atom. The average molecular weight is 319 g/mol. The third-order valence-electron chi connectivity index (χ3n) is 5.28. The molecule has 0 bridgehead atoms. The van der Waals surface area contributed by atoms with E-state index in [0.717, 1.165) is 22.4 Å². The fraction of sp³-hybridized carbons (Fsp3) is 0.611. The third kappa shape index (κ3) is 3.85. The van der Waals surface area contributed by atoms with Gasteiger partial charge in [0.05, 0.1) is 18.8 Å². The second-order valence-corrected chi connectivity index (χ2v) is 7.57. The van der Waals surface area contributed by atoms with Crippen molar-refractivity contribution in [2.24, 2.45) is 11.8 Å². The maximum absolute atomic E-state index is 12.4. The molecule has 1 unspecified atom stereocenters. The summed E-state index contributed by atoms with van der Waals surface area (Å²) in [6.07, 6.45) is 8.97. The number of nitrogens with one attached hydrogen (secondary N) is 2. The number of amides is 1. The van der Waals surface area contributed by atoms with Crippen LogP contribution in [-0.4, -0.2) is 31.8 Å². The van der Waals surface area contributed by atoms with Gasteiger partial charge in [0, 0.05) is 10.8 Å². The maximum Gasteiger partial charge on any atom is 0.279 e. The van der Waals surface area contributed by atoms with Crippen LogP contribution in [0.15, 0.2) is 29.2 Å². The van der Waals surface area contributed by atoms with E-state index in [-0.39, 0.29) is 5.91 Å². The van der Waals surface area contributed by atoms with Gasteiger partial charge in [-0.25, -0.2) is 0 Å². The lowest BCUT2D eigenvalue weighted by Crippen LogP contribution is -3.15. The van der Waals surface area contributed by atoms with Gasteiger partial charge in [-0.15, -0.1) is 11.8 Å². The van der Waals surface area contributed by atoms with Gasteiger partial charge in [-0.1, -0.05) is 25.0 Å². The molecule has 1 saturated carbocycles. The minimum atomic E-state index is 0.158. The van der Waals surface area contributed by atoms with Crippen LogP contribution in [0.2, 0.25) is 0 Å². The van der Waals surface area contributed by atoms with Crippen molar-refractivity contribution in [1.82, 2.24) is 0 Å². The Balaban J connectivity index is 1.53. The molecule has 120 valence electrons. The van der Waals surface area contributed by atoms with Gasteiger partial charge in [0.15, 0.2) is 6.54 Å². The molecule has 0 spiro atoms. The van der Waals surface area contributed by atoms with E-state index in [1.165, 1.54) is 50.1 Å². The molecule has 3 rings (SSSR count). The minimum Gasteiger partial charge on any atom is -0.327 e. The number of likely N-dealkylation sites (tertiary alicyclic amines) is 1. The van der Waals surface area contributed by atoms with Crippen LogP contribution in [-0.2, 0) is 4.79 Å². The Morgan fingerprint density at radius 1 is 1.23 bits per heavy atom. The van der Waals surface area contributed by atoms with Crippen molar-refractivity contribution in [1.29, 1.82) is 0 Å². The number of rotatable bonds is 4. The first-order valence-corrected chi connectivity index (χ1v) is 9.75. The molecule has 1 aromatic carbocycles. The van der Waals surface area contributed by atoms with E-state index in [4.69, 9.17) is 0 Å². The predicted octanol–water partition coefficient (Wildman–Crippen LogP) is 2.44. The zero-order valence-corrected chi connectivity index (χ0v) is 14.3. The Hall–Kier alpha value is -1.00. The smallest absolute Gasteiger partial charge is 0.279 e. The number of anilines is 1. The lowest BCUT2D eigenvalue weighted by molar-refractivity contribution is -0.902. The van der Waals surface area contributed by atoms with Gasteiger partial charge in [-0.05, 0) is 43.6 Å². The van der Waals surface area contributed by atoms with Crippen molar-refractivity contribution >= 4 is 23.4 Å². The molecule has 1 aromatic rings. The highest BCUT2D eigenvalue weighted by Crippen LogP contribution is 2.32. The summed E-state index contributed by atoms with van der Waals surface area (Å²) in [5.41, 5.74) is 0.951. The summed E-state index contributed by atoms with van der Waals surface area (Å²) < 4.78 is 0. The monoisotopic (exact) mass is 319 g/mol. The molecule has 22 heavy (non-hydrogen) atoms. The molecule has 3 atom stereocenters. The van der Waals surface area contributed by atoms with E-state index >= 15 is 0 Å². The molecular weight excluding hydrogens is 292 g/mol. The van der Waals surface area contributed by atoms with Crippen LogP contribution in [0.1, 0.15) is 32.1 Å². The van der Waals surface area contributed by atoms with Crippen LogP contribution >= 0.6 is 11.8 Å². The number of para-hydroxylation sites is 1. The molecule has 2 N–H and O–H groups in total. The van der Waals surface area contributed by atoms with Crippen LogP contribution in [0, 0.1) is 11.8 Å². The fourth-order valence-corrected chi connectivity index (χ4v) is 4.68. The van der Waals surface area contributed by atoms with E-state index in [1.807, 2.05) is 24.5 Å².